The van der Waals surface area contributed by atoms with Crippen molar-refractivity contribution in [2.24, 2.45) is 5.16 Å². The van der Waals surface area contributed by atoms with Gasteiger partial charge in [-0.1, -0.05) is 47.1 Å². The molecule has 1 amide bonds. The van der Waals surface area contributed by atoms with Crippen molar-refractivity contribution in [3.8, 4) is 0 Å². The van der Waals surface area contributed by atoms with Crippen LogP contribution in [0, 0.1) is 0 Å². The highest BCUT2D eigenvalue weighted by molar-refractivity contribution is 7.10. The van der Waals surface area contributed by atoms with E-state index >= 15 is 0 Å². The van der Waals surface area contributed by atoms with E-state index in [0.717, 1.165) is 45.6 Å². The van der Waals surface area contributed by atoms with Crippen molar-refractivity contribution in [1.29, 1.82) is 0 Å². The number of likely N-dealkylation sites (tertiary alicyclic amines) is 1. The summed E-state index contributed by atoms with van der Waals surface area (Å²) in [7, 11) is 0. The van der Waals surface area contributed by atoms with E-state index in [9.17, 15) is 18.0 Å². The maximum absolute atomic E-state index is 12.8. The summed E-state index contributed by atoms with van der Waals surface area (Å²) >= 11 is 7.41. The lowest BCUT2D eigenvalue weighted by Crippen LogP contribution is -2.40. The normalized spacial score (nSPS) is 19.0. The standard InChI is InChI=1S/C23H21ClF3N5O2S/c24-20-11-19(23(25,26)27)29-32(20)12-21(33)31-8-6-15(7-9-31)22-28-17(13-35-22)16-10-18(34-30-16)14-4-2-1-3-5-14/h1-5,11,13,15,18H,6-10,12H2. The van der Waals surface area contributed by atoms with Crippen LogP contribution in [0.15, 0.2) is 46.9 Å². The van der Waals surface area contributed by atoms with Gasteiger partial charge in [0.25, 0.3) is 0 Å². The number of amides is 1. The average Bonchev–Trinajstić information content (AvgIpc) is 3.60. The van der Waals surface area contributed by atoms with Crippen molar-refractivity contribution < 1.29 is 22.8 Å². The smallest absolute Gasteiger partial charge is 0.387 e. The third-order valence-corrected chi connectivity index (χ3v) is 7.47. The van der Waals surface area contributed by atoms with Gasteiger partial charge in [-0.05, 0) is 18.4 Å². The molecule has 184 valence electrons. The Bertz CT molecular complexity index is 1240. The molecule has 5 rings (SSSR count). The van der Waals surface area contributed by atoms with Gasteiger partial charge in [-0.15, -0.1) is 11.3 Å². The van der Waals surface area contributed by atoms with Crippen LogP contribution in [0.1, 0.15) is 53.2 Å². The second-order valence-electron chi connectivity index (χ2n) is 8.48. The molecule has 1 saturated heterocycles. The number of hydrogen-bond donors (Lipinski definition) is 0. The number of thiazole rings is 1. The van der Waals surface area contributed by atoms with Gasteiger partial charge in [0.1, 0.15) is 17.4 Å². The van der Waals surface area contributed by atoms with Crippen LogP contribution in [0.2, 0.25) is 5.15 Å². The quantitative estimate of drug-likeness (QED) is 0.456. The molecule has 2 aromatic heterocycles. The number of carbonyl (C=O) groups is 1. The topological polar surface area (TPSA) is 72.6 Å². The molecule has 1 aromatic carbocycles. The molecule has 7 nitrogen and oxygen atoms in total. The predicted octanol–water partition coefficient (Wildman–Crippen LogP) is 5.28. The first kappa shape index (κ1) is 23.8. The molecule has 4 heterocycles. The molecule has 0 bridgehead atoms. The molecule has 0 radical (unpaired) electrons. The Labute approximate surface area is 208 Å². The second kappa shape index (κ2) is 9.62. The fourth-order valence-electron chi connectivity index (χ4n) is 4.23. The molecule has 0 saturated carbocycles. The maximum Gasteiger partial charge on any atom is 0.435 e. The first-order chi connectivity index (χ1) is 16.8. The molecular formula is C23H21ClF3N5O2S. The van der Waals surface area contributed by atoms with Crippen LogP contribution in [-0.2, 0) is 22.4 Å². The number of aromatic nitrogens is 3. The Morgan fingerprint density at radius 3 is 2.63 bits per heavy atom. The van der Waals surface area contributed by atoms with Gasteiger partial charge in [0.2, 0.25) is 5.91 Å². The summed E-state index contributed by atoms with van der Waals surface area (Å²) in [5.41, 5.74) is 1.60. The summed E-state index contributed by atoms with van der Waals surface area (Å²) in [6, 6.07) is 10.7. The fraction of sp³-hybridized carbons (Fsp3) is 0.391. The van der Waals surface area contributed by atoms with Gasteiger partial charge >= 0.3 is 6.18 Å². The largest absolute Gasteiger partial charge is 0.435 e. The maximum atomic E-state index is 12.8. The molecular weight excluding hydrogens is 503 g/mol. The van der Waals surface area contributed by atoms with Crippen molar-refractivity contribution in [3.63, 3.8) is 0 Å². The summed E-state index contributed by atoms with van der Waals surface area (Å²) in [6.07, 6.45) is -2.63. The number of hydrogen-bond acceptors (Lipinski definition) is 6. The van der Waals surface area contributed by atoms with Crippen LogP contribution in [0.4, 0.5) is 13.2 Å². The number of oxime groups is 1. The van der Waals surface area contributed by atoms with Crippen molar-refractivity contribution in [3.05, 3.63) is 68.9 Å². The Balaban J connectivity index is 1.15. The molecule has 0 aliphatic carbocycles. The first-order valence-corrected chi connectivity index (χ1v) is 12.4. The fourth-order valence-corrected chi connectivity index (χ4v) is 5.43. The van der Waals surface area contributed by atoms with Crippen molar-refractivity contribution in [1.82, 2.24) is 19.7 Å². The third-order valence-electron chi connectivity index (χ3n) is 6.16. The van der Waals surface area contributed by atoms with Crippen LogP contribution < -0.4 is 0 Å². The molecule has 0 N–H and O–H groups in total. The SMILES string of the molecule is O=C(Cn1nc(C(F)(F)F)cc1Cl)N1CCC(c2nc(C3=NOC(c4ccccc4)C3)cs2)CC1. The third kappa shape index (κ3) is 5.20. The molecule has 35 heavy (non-hydrogen) atoms. The minimum atomic E-state index is -4.61. The van der Waals surface area contributed by atoms with Gasteiger partial charge in [0, 0.05) is 36.9 Å². The predicted molar refractivity (Wildman–Crippen MR) is 124 cm³/mol. The van der Waals surface area contributed by atoms with Gasteiger partial charge < -0.3 is 9.74 Å². The van der Waals surface area contributed by atoms with Crippen LogP contribution in [0.25, 0.3) is 0 Å². The van der Waals surface area contributed by atoms with E-state index in [1.165, 1.54) is 0 Å². The van der Waals surface area contributed by atoms with E-state index < -0.39 is 11.9 Å². The van der Waals surface area contributed by atoms with Crippen molar-refractivity contribution in [2.75, 3.05) is 13.1 Å². The summed E-state index contributed by atoms with van der Waals surface area (Å²) in [5, 5.41) is 10.4. The average molecular weight is 524 g/mol. The zero-order chi connectivity index (χ0) is 24.6. The van der Waals surface area contributed by atoms with E-state index in [-0.39, 0.29) is 29.6 Å². The number of piperidine rings is 1. The summed E-state index contributed by atoms with van der Waals surface area (Å²) < 4.78 is 39.4. The zero-order valence-electron chi connectivity index (χ0n) is 18.4. The van der Waals surface area contributed by atoms with Crippen LogP contribution in [-0.4, -0.2) is 44.4 Å². The van der Waals surface area contributed by atoms with Crippen LogP contribution in [0.5, 0.6) is 0 Å². The molecule has 12 heteroatoms. The van der Waals surface area contributed by atoms with E-state index in [2.05, 4.69) is 10.3 Å². The number of nitrogens with zero attached hydrogens (tertiary/aromatic N) is 5. The number of rotatable bonds is 5. The summed E-state index contributed by atoms with van der Waals surface area (Å²) in [5.74, 6) is -0.109. The molecule has 1 unspecified atom stereocenters. The van der Waals surface area contributed by atoms with Crippen molar-refractivity contribution in [2.45, 2.75) is 44.0 Å². The van der Waals surface area contributed by atoms with E-state index in [1.807, 2.05) is 35.7 Å². The van der Waals surface area contributed by atoms with Gasteiger partial charge in [0.05, 0.1) is 10.7 Å². The Kier molecular flexibility index (Phi) is 6.54. The van der Waals surface area contributed by atoms with Crippen molar-refractivity contribution >= 4 is 34.6 Å². The van der Waals surface area contributed by atoms with Gasteiger partial charge in [0.15, 0.2) is 11.8 Å². The minimum Gasteiger partial charge on any atom is -0.387 e. The molecule has 1 atom stereocenters. The summed E-state index contributed by atoms with van der Waals surface area (Å²) in [4.78, 5) is 24.7. The number of halogens is 4. The second-order valence-corrected chi connectivity index (χ2v) is 9.76. The lowest BCUT2D eigenvalue weighted by atomic mass is 9.97. The molecule has 0 spiro atoms. The highest BCUT2D eigenvalue weighted by atomic mass is 35.5. The lowest BCUT2D eigenvalue weighted by molar-refractivity contribution is -0.142. The lowest BCUT2D eigenvalue weighted by Gasteiger charge is -2.31. The minimum absolute atomic E-state index is 0.110. The molecule has 1 fully saturated rings. The number of alkyl halides is 3. The van der Waals surface area contributed by atoms with Gasteiger partial charge in [-0.3, -0.25) is 4.79 Å². The highest BCUT2D eigenvalue weighted by Crippen LogP contribution is 2.34. The van der Waals surface area contributed by atoms with E-state index in [1.54, 1.807) is 16.2 Å². The van der Waals surface area contributed by atoms with E-state index in [0.29, 0.717) is 19.5 Å². The molecule has 2 aliphatic rings. The van der Waals surface area contributed by atoms with Gasteiger partial charge in [-0.2, -0.15) is 18.3 Å². The highest BCUT2D eigenvalue weighted by Gasteiger charge is 2.35. The Morgan fingerprint density at radius 1 is 1.20 bits per heavy atom. The Morgan fingerprint density at radius 2 is 1.94 bits per heavy atom. The molecule has 3 aromatic rings. The number of carbonyl (C=O) groups excluding carboxylic acids is 1. The Hall–Kier alpha value is -2.92. The first-order valence-electron chi connectivity index (χ1n) is 11.1. The van der Waals surface area contributed by atoms with Crippen LogP contribution in [0.3, 0.4) is 0 Å². The summed E-state index contributed by atoms with van der Waals surface area (Å²) in [6.45, 7) is 0.649. The molecule has 2 aliphatic heterocycles. The van der Waals surface area contributed by atoms with E-state index in [4.69, 9.17) is 21.4 Å². The zero-order valence-corrected chi connectivity index (χ0v) is 20.0. The van der Waals surface area contributed by atoms with Crippen LogP contribution >= 0.6 is 22.9 Å². The number of benzene rings is 1. The van der Waals surface area contributed by atoms with Gasteiger partial charge in [-0.25, -0.2) is 9.67 Å². The monoisotopic (exact) mass is 523 g/mol.